The molecule has 0 unspecified atom stereocenters. The number of amides is 1. The summed E-state index contributed by atoms with van der Waals surface area (Å²) in [5.41, 5.74) is 1.44. The Kier molecular flexibility index (Phi) is 3.94. The summed E-state index contributed by atoms with van der Waals surface area (Å²) >= 11 is 0.832. The van der Waals surface area contributed by atoms with Gasteiger partial charge in [0.1, 0.15) is 0 Å². The Morgan fingerprint density at radius 3 is 2.77 bits per heavy atom. The van der Waals surface area contributed by atoms with Crippen molar-refractivity contribution in [2.45, 2.75) is 30.1 Å². The summed E-state index contributed by atoms with van der Waals surface area (Å²) in [5.74, 6) is -0.348. The van der Waals surface area contributed by atoms with E-state index in [9.17, 15) is 13.2 Å². The highest BCUT2D eigenvalue weighted by atomic mass is 32.2. The summed E-state index contributed by atoms with van der Waals surface area (Å²) in [5, 5.41) is 10.1. The largest absolute Gasteiger partial charge is 0.296 e. The van der Waals surface area contributed by atoms with Crippen molar-refractivity contribution in [1.29, 1.82) is 0 Å². The van der Waals surface area contributed by atoms with E-state index in [0.717, 1.165) is 29.7 Å². The predicted octanol–water partition coefficient (Wildman–Crippen LogP) is 1.54. The van der Waals surface area contributed by atoms with E-state index >= 15 is 0 Å². The lowest BCUT2D eigenvalue weighted by Crippen LogP contribution is -2.25. The zero-order valence-electron chi connectivity index (χ0n) is 11.7. The highest BCUT2D eigenvalue weighted by molar-refractivity contribution is 7.91. The smallest absolute Gasteiger partial charge is 0.270 e. The van der Waals surface area contributed by atoms with Gasteiger partial charge in [-0.1, -0.05) is 29.0 Å². The number of benzene rings is 1. The molecule has 1 amide bonds. The van der Waals surface area contributed by atoms with Crippen LogP contribution in [-0.2, 0) is 10.0 Å². The van der Waals surface area contributed by atoms with E-state index in [1.807, 2.05) is 13.0 Å². The number of hydrogen-bond donors (Lipinski definition) is 2. The minimum absolute atomic E-state index is 0.000708. The summed E-state index contributed by atoms with van der Waals surface area (Å²) in [4.78, 5) is 12.1. The van der Waals surface area contributed by atoms with Gasteiger partial charge in [0.2, 0.25) is 9.47 Å². The molecular formula is C13H14N4O3S2. The van der Waals surface area contributed by atoms with Crippen molar-refractivity contribution in [1.82, 2.24) is 14.9 Å². The number of aromatic nitrogens is 2. The van der Waals surface area contributed by atoms with E-state index in [1.165, 1.54) is 0 Å². The molecule has 116 valence electrons. The SMILES string of the molecule is Cc1cccc(C(=O)Nc2nnc(S(=O)(=O)NC3CC3)s2)c1. The Morgan fingerprint density at radius 1 is 1.32 bits per heavy atom. The maximum absolute atomic E-state index is 12.1. The first-order valence-corrected chi connectivity index (χ1v) is 8.98. The molecule has 1 aromatic carbocycles. The molecule has 1 saturated carbocycles. The Morgan fingerprint density at radius 2 is 2.09 bits per heavy atom. The number of anilines is 1. The first-order chi connectivity index (χ1) is 10.4. The van der Waals surface area contributed by atoms with Crippen LogP contribution in [0.1, 0.15) is 28.8 Å². The second-order valence-corrected chi connectivity index (χ2v) is 7.96. The van der Waals surface area contributed by atoms with Crippen molar-refractivity contribution in [3.8, 4) is 0 Å². The molecule has 9 heteroatoms. The maximum atomic E-state index is 12.1. The number of carbonyl (C=O) groups is 1. The molecular weight excluding hydrogens is 324 g/mol. The van der Waals surface area contributed by atoms with Crippen molar-refractivity contribution >= 4 is 32.4 Å². The van der Waals surface area contributed by atoms with Gasteiger partial charge < -0.3 is 0 Å². The molecule has 0 atom stereocenters. The van der Waals surface area contributed by atoms with Gasteiger partial charge in [-0.3, -0.25) is 10.1 Å². The molecule has 0 spiro atoms. The predicted molar refractivity (Wildman–Crippen MR) is 82.4 cm³/mol. The maximum Gasteiger partial charge on any atom is 0.270 e. The molecule has 0 radical (unpaired) electrons. The third-order valence-corrected chi connectivity index (χ3v) is 5.76. The van der Waals surface area contributed by atoms with Crippen LogP contribution in [-0.4, -0.2) is 30.6 Å². The van der Waals surface area contributed by atoms with Gasteiger partial charge in [-0.15, -0.1) is 10.2 Å². The molecule has 1 aliphatic rings. The number of nitrogens with zero attached hydrogens (tertiary/aromatic N) is 2. The van der Waals surface area contributed by atoms with Gasteiger partial charge in [0, 0.05) is 11.6 Å². The first kappa shape index (κ1) is 15.1. The lowest BCUT2D eigenvalue weighted by molar-refractivity contribution is 0.102. The van der Waals surface area contributed by atoms with Crippen molar-refractivity contribution in [2.24, 2.45) is 0 Å². The number of rotatable bonds is 5. The van der Waals surface area contributed by atoms with Crippen molar-refractivity contribution in [3.05, 3.63) is 35.4 Å². The normalized spacial score (nSPS) is 14.8. The topological polar surface area (TPSA) is 101 Å². The summed E-state index contributed by atoms with van der Waals surface area (Å²) in [6, 6.07) is 7.08. The van der Waals surface area contributed by atoms with E-state index in [0.29, 0.717) is 5.56 Å². The van der Waals surface area contributed by atoms with Gasteiger partial charge in [0.15, 0.2) is 0 Å². The summed E-state index contributed by atoms with van der Waals surface area (Å²) in [6.45, 7) is 1.88. The molecule has 0 saturated heterocycles. The molecule has 22 heavy (non-hydrogen) atoms. The minimum atomic E-state index is -3.64. The van der Waals surface area contributed by atoms with Gasteiger partial charge in [0.05, 0.1) is 0 Å². The number of aryl methyl sites for hydroxylation is 1. The van der Waals surface area contributed by atoms with Crippen LogP contribution in [0.2, 0.25) is 0 Å². The van der Waals surface area contributed by atoms with Crippen LogP contribution in [0.15, 0.2) is 28.6 Å². The van der Waals surface area contributed by atoms with Gasteiger partial charge in [-0.05, 0) is 31.9 Å². The van der Waals surface area contributed by atoms with E-state index in [4.69, 9.17) is 0 Å². The Hall–Kier alpha value is -1.84. The molecule has 2 aromatic rings. The molecule has 1 aliphatic carbocycles. The lowest BCUT2D eigenvalue weighted by Gasteiger charge is -2.02. The first-order valence-electron chi connectivity index (χ1n) is 6.68. The second-order valence-electron chi connectivity index (χ2n) is 5.09. The van der Waals surface area contributed by atoms with Gasteiger partial charge >= 0.3 is 0 Å². The summed E-state index contributed by atoms with van der Waals surface area (Å²) < 4.78 is 26.3. The van der Waals surface area contributed by atoms with Crippen LogP contribution in [0.25, 0.3) is 0 Å². The van der Waals surface area contributed by atoms with Crippen LogP contribution < -0.4 is 10.0 Å². The summed E-state index contributed by atoms with van der Waals surface area (Å²) in [7, 11) is -3.64. The van der Waals surface area contributed by atoms with Crippen LogP contribution in [0.3, 0.4) is 0 Å². The minimum Gasteiger partial charge on any atom is -0.296 e. The monoisotopic (exact) mass is 338 g/mol. The Labute approximate surface area is 131 Å². The van der Waals surface area contributed by atoms with Crippen LogP contribution in [0, 0.1) is 6.92 Å². The fourth-order valence-electron chi connectivity index (χ4n) is 1.80. The zero-order chi connectivity index (χ0) is 15.7. The van der Waals surface area contributed by atoms with E-state index in [1.54, 1.807) is 18.2 Å². The van der Waals surface area contributed by atoms with Gasteiger partial charge in [-0.25, -0.2) is 13.1 Å². The van der Waals surface area contributed by atoms with Crippen LogP contribution in [0.5, 0.6) is 0 Å². The third-order valence-electron chi connectivity index (χ3n) is 3.04. The molecule has 7 nitrogen and oxygen atoms in total. The molecule has 3 rings (SSSR count). The number of hydrogen-bond acceptors (Lipinski definition) is 6. The van der Waals surface area contributed by atoms with E-state index in [-0.39, 0.29) is 21.4 Å². The number of carbonyl (C=O) groups excluding carboxylic acids is 1. The molecule has 0 aliphatic heterocycles. The average molecular weight is 338 g/mol. The third kappa shape index (κ3) is 3.49. The summed E-state index contributed by atoms with van der Waals surface area (Å²) in [6.07, 6.45) is 1.68. The highest BCUT2D eigenvalue weighted by Crippen LogP contribution is 2.25. The highest BCUT2D eigenvalue weighted by Gasteiger charge is 2.30. The molecule has 1 heterocycles. The standard InChI is InChI=1S/C13H14N4O3S2/c1-8-3-2-4-9(7-8)11(18)14-12-15-16-13(21-12)22(19,20)17-10-5-6-10/h2-4,7,10,17H,5-6H2,1H3,(H,14,15,18). The quantitative estimate of drug-likeness (QED) is 0.805. The van der Waals surface area contributed by atoms with Crippen LogP contribution in [0.4, 0.5) is 5.13 Å². The number of sulfonamides is 1. The molecule has 2 N–H and O–H groups in total. The Balaban J connectivity index is 1.72. The van der Waals surface area contributed by atoms with Crippen LogP contribution >= 0.6 is 11.3 Å². The fraction of sp³-hybridized carbons (Fsp3) is 0.308. The van der Waals surface area contributed by atoms with E-state index < -0.39 is 10.0 Å². The zero-order valence-corrected chi connectivity index (χ0v) is 13.4. The van der Waals surface area contributed by atoms with Crippen molar-refractivity contribution < 1.29 is 13.2 Å². The van der Waals surface area contributed by atoms with Gasteiger partial charge in [-0.2, -0.15) is 0 Å². The lowest BCUT2D eigenvalue weighted by atomic mass is 10.1. The molecule has 0 bridgehead atoms. The average Bonchev–Trinajstić information content (AvgIpc) is 3.12. The van der Waals surface area contributed by atoms with E-state index in [2.05, 4.69) is 20.2 Å². The Bertz CT molecular complexity index is 812. The molecule has 1 fully saturated rings. The van der Waals surface area contributed by atoms with Gasteiger partial charge in [0.25, 0.3) is 15.9 Å². The number of nitrogens with one attached hydrogen (secondary N) is 2. The second kappa shape index (κ2) is 5.75. The van der Waals surface area contributed by atoms with Crippen molar-refractivity contribution in [3.63, 3.8) is 0 Å². The fourth-order valence-corrected chi connectivity index (χ4v) is 4.01. The molecule has 1 aromatic heterocycles. The van der Waals surface area contributed by atoms with Crippen molar-refractivity contribution in [2.75, 3.05) is 5.32 Å².